The van der Waals surface area contributed by atoms with E-state index in [-0.39, 0.29) is 5.41 Å². The number of hydrogen-bond donors (Lipinski definition) is 0. The molecule has 0 aromatic carbocycles. The molecule has 0 saturated carbocycles. The van der Waals surface area contributed by atoms with Crippen LogP contribution in [-0.4, -0.2) is 19.6 Å². The van der Waals surface area contributed by atoms with E-state index in [1.807, 2.05) is 26.1 Å². The maximum atomic E-state index is 3.94. The third-order valence-electron chi connectivity index (χ3n) is 1.12. The lowest BCUT2D eigenvalue weighted by molar-refractivity contribution is 0.697. The number of nitrogens with zero attached hydrogens (tertiary/aromatic N) is 2. The third kappa shape index (κ3) is 4.01. The van der Waals surface area contributed by atoms with Crippen LogP contribution in [0.4, 0.5) is 0 Å². The lowest BCUT2D eigenvalue weighted by atomic mass is 9.96. The quantitative estimate of drug-likeness (QED) is 0.323. The molecule has 0 radical (unpaired) electrons. The molecule has 0 aliphatic carbocycles. The first kappa shape index (κ1) is 9.08. The van der Waals surface area contributed by atoms with Crippen molar-refractivity contribution >= 4 is 12.6 Å². The molecule has 10 heavy (non-hydrogen) atoms. The molecular weight excluding hydrogens is 124 g/mol. The minimum atomic E-state index is -0.0266. The SMILES string of the molecule is C=CC(C)(C)C=NC=NC. The van der Waals surface area contributed by atoms with Crippen LogP contribution >= 0.6 is 0 Å². The molecule has 0 rings (SSSR count). The molecule has 0 unspecified atom stereocenters. The van der Waals surface area contributed by atoms with Crippen LogP contribution in [0.3, 0.4) is 0 Å². The van der Waals surface area contributed by atoms with Gasteiger partial charge in [-0.1, -0.05) is 19.9 Å². The van der Waals surface area contributed by atoms with E-state index < -0.39 is 0 Å². The highest BCUT2D eigenvalue weighted by Crippen LogP contribution is 2.11. The van der Waals surface area contributed by atoms with E-state index >= 15 is 0 Å². The van der Waals surface area contributed by atoms with Crippen molar-refractivity contribution in [2.45, 2.75) is 13.8 Å². The van der Waals surface area contributed by atoms with Crippen molar-refractivity contribution in [1.29, 1.82) is 0 Å². The Balaban J connectivity index is 3.98. The summed E-state index contributed by atoms with van der Waals surface area (Å²) in [6.07, 6.45) is 5.18. The maximum Gasteiger partial charge on any atom is 0.109 e. The van der Waals surface area contributed by atoms with E-state index in [2.05, 4.69) is 16.6 Å². The Morgan fingerprint density at radius 1 is 1.40 bits per heavy atom. The zero-order valence-corrected chi connectivity index (χ0v) is 6.83. The van der Waals surface area contributed by atoms with E-state index in [1.165, 1.54) is 6.34 Å². The second kappa shape index (κ2) is 3.99. The van der Waals surface area contributed by atoms with Gasteiger partial charge in [0, 0.05) is 18.7 Å². The van der Waals surface area contributed by atoms with Gasteiger partial charge in [0.15, 0.2) is 0 Å². The Labute approximate surface area is 62.4 Å². The summed E-state index contributed by atoms with van der Waals surface area (Å²) < 4.78 is 0. The summed E-state index contributed by atoms with van der Waals surface area (Å²) in [5, 5.41) is 0. The van der Waals surface area contributed by atoms with Gasteiger partial charge in [-0.2, -0.15) is 0 Å². The van der Waals surface area contributed by atoms with Gasteiger partial charge in [-0.25, -0.2) is 4.99 Å². The van der Waals surface area contributed by atoms with Crippen LogP contribution in [0.5, 0.6) is 0 Å². The first-order chi connectivity index (χ1) is 4.62. The molecule has 0 saturated heterocycles. The van der Waals surface area contributed by atoms with Crippen molar-refractivity contribution in [2.75, 3.05) is 7.05 Å². The molecule has 0 spiro atoms. The summed E-state index contributed by atoms with van der Waals surface area (Å²) in [6.45, 7) is 7.74. The first-order valence-corrected chi connectivity index (χ1v) is 3.21. The summed E-state index contributed by atoms with van der Waals surface area (Å²) in [4.78, 5) is 7.66. The third-order valence-corrected chi connectivity index (χ3v) is 1.12. The summed E-state index contributed by atoms with van der Waals surface area (Å²) in [5.41, 5.74) is -0.0266. The van der Waals surface area contributed by atoms with Crippen molar-refractivity contribution in [3.05, 3.63) is 12.7 Å². The van der Waals surface area contributed by atoms with Crippen LogP contribution in [0.15, 0.2) is 22.6 Å². The van der Waals surface area contributed by atoms with E-state index in [0.717, 1.165) is 0 Å². The molecule has 2 nitrogen and oxygen atoms in total. The van der Waals surface area contributed by atoms with Crippen LogP contribution in [0.2, 0.25) is 0 Å². The number of aliphatic imine (C=N–C) groups is 2. The summed E-state index contributed by atoms with van der Waals surface area (Å²) in [6, 6.07) is 0. The van der Waals surface area contributed by atoms with Crippen molar-refractivity contribution < 1.29 is 0 Å². The van der Waals surface area contributed by atoms with Gasteiger partial charge in [0.05, 0.1) is 0 Å². The predicted octanol–water partition coefficient (Wildman–Crippen LogP) is 1.93. The summed E-state index contributed by atoms with van der Waals surface area (Å²) in [7, 11) is 1.69. The van der Waals surface area contributed by atoms with Crippen LogP contribution in [0, 0.1) is 5.41 Å². The van der Waals surface area contributed by atoms with Gasteiger partial charge >= 0.3 is 0 Å². The topological polar surface area (TPSA) is 24.7 Å². The highest BCUT2D eigenvalue weighted by molar-refractivity contribution is 5.77. The molecule has 56 valence electrons. The van der Waals surface area contributed by atoms with Gasteiger partial charge in [-0.3, -0.25) is 4.99 Å². The Kier molecular flexibility index (Phi) is 3.62. The Hall–Kier alpha value is -0.920. The molecular formula is C8H14N2. The average Bonchev–Trinajstić information content (AvgIpc) is 1.89. The minimum Gasteiger partial charge on any atom is -0.277 e. The van der Waals surface area contributed by atoms with E-state index in [0.29, 0.717) is 0 Å². The van der Waals surface area contributed by atoms with Gasteiger partial charge in [0.25, 0.3) is 0 Å². The monoisotopic (exact) mass is 138 g/mol. The molecule has 0 bridgehead atoms. The zero-order valence-electron chi connectivity index (χ0n) is 6.83. The Morgan fingerprint density at radius 2 is 2.00 bits per heavy atom. The van der Waals surface area contributed by atoms with Gasteiger partial charge in [-0.15, -0.1) is 6.58 Å². The summed E-state index contributed by atoms with van der Waals surface area (Å²) in [5.74, 6) is 0. The van der Waals surface area contributed by atoms with Crippen LogP contribution in [0.1, 0.15) is 13.8 Å². The van der Waals surface area contributed by atoms with Crippen LogP contribution < -0.4 is 0 Å². The molecule has 0 aliphatic rings. The molecule has 0 aromatic heterocycles. The lowest BCUT2D eigenvalue weighted by Crippen LogP contribution is -2.07. The predicted molar refractivity (Wildman–Crippen MR) is 46.9 cm³/mol. The average molecular weight is 138 g/mol. The fourth-order valence-electron chi connectivity index (χ4n) is 0.345. The number of hydrogen-bond acceptors (Lipinski definition) is 1. The number of allylic oxidation sites excluding steroid dienone is 1. The number of rotatable bonds is 3. The summed E-state index contributed by atoms with van der Waals surface area (Å²) >= 11 is 0. The molecule has 0 fully saturated rings. The standard InChI is InChI=1S/C8H14N2/c1-5-8(2,3)6-10-7-9-4/h5-7H,1H2,2-4H3. The largest absolute Gasteiger partial charge is 0.277 e. The second-order valence-electron chi connectivity index (χ2n) is 2.68. The van der Waals surface area contributed by atoms with Gasteiger partial charge < -0.3 is 0 Å². The van der Waals surface area contributed by atoms with Crippen LogP contribution in [0.25, 0.3) is 0 Å². The Morgan fingerprint density at radius 3 is 2.40 bits per heavy atom. The highest BCUT2D eigenvalue weighted by atomic mass is 14.8. The van der Waals surface area contributed by atoms with Gasteiger partial charge in [0.1, 0.15) is 6.34 Å². The molecule has 0 amide bonds. The molecule has 0 N–H and O–H groups in total. The van der Waals surface area contributed by atoms with Gasteiger partial charge in [0.2, 0.25) is 0 Å². The molecule has 0 aliphatic heterocycles. The van der Waals surface area contributed by atoms with Gasteiger partial charge in [-0.05, 0) is 0 Å². The zero-order chi connectivity index (χ0) is 8.04. The van der Waals surface area contributed by atoms with E-state index in [1.54, 1.807) is 7.05 Å². The van der Waals surface area contributed by atoms with Crippen molar-refractivity contribution in [3.8, 4) is 0 Å². The lowest BCUT2D eigenvalue weighted by Gasteiger charge is -2.10. The molecule has 2 heteroatoms. The normalized spacial score (nSPS) is 13.1. The van der Waals surface area contributed by atoms with E-state index in [4.69, 9.17) is 0 Å². The molecule has 0 heterocycles. The smallest absolute Gasteiger partial charge is 0.109 e. The first-order valence-electron chi connectivity index (χ1n) is 3.21. The van der Waals surface area contributed by atoms with Crippen molar-refractivity contribution in [2.24, 2.45) is 15.4 Å². The van der Waals surface area contributed by atoms with E-state index in [9.17, 15) is 0 Å². The Bertz CT molecular complexity index is 155. The molecule has 0 aromatic rings. The fourth-order valence-corrected chi connectivity index (χ4v) is 0.345. The second-order valence-corrected chi connectivity index (χ2v) is 2.68. The highest BCUT2D eigenvalue weighted by Gasteiger charge is 2.06. The molecule has 0 atom stereocenters. The van der Waals surface area contributed by atoms with Crippen molar-refractivity contribution in [3.63, 3.8) is 0 Å². The fraction of sp³-hybridized carbons (Fsp3) is 0.500. The van der Waals surface area contributed by atoms with Crippen LogP contribution in [-0.2, 0) is 0 Å². The maximum absolute atomic E-state index is 3.94. The van der Waals surface area contributed by atoms with Crippen molar-refractivity contribution in [1.82, 2.24) is 0 Å². The minimum absolute atomic E-state index is 0.0266.